The summed E-state index contributed by atoms with van der Waals surface area (Å²) in [5.41, 5.74) is 2.72. The lowest BCUT2D eigenvalue weighted by Gasteiger charge is -2.20. The molecule has 2 aromatic carbocycles. The minimum Gasteiger partial charge on any atom is -0.497 e. The molecule has 0 fully saturated rings. The van der Waals surface area contributed by atoms with Crippen LogP contribution in [0.3, 0.4) is 0 Å². The summed E-state index contributed by atoms with van der Waals surface area (Å²) in [6, 6.07) is 17.7. The summed E-state index contributed by atoms with van der Waals surface area (Å²) in [6.07, 6.45) is 0. The van der Waals surface area contributed by atoms with Gasteiger partial charge < -0.3 is 19.7 Å². The molecule has 0 atom stereocenters. The Labute approximate surface area is 166 Å². The minimum atomic E-state index is 0.684. The molecule has 146 valence electrons. The van der Waals surface area contributed by atoms with Crippen molar-refractivity contribution in [2.45, 2.75) is 13.8 Å². The maximum atomic E-state index is 5.50. The van der Waals surface area contributed by atoms with E-state index < -0.39 is 0 Å². The number of hydrogen-bond acceptors (Lipinski definition) is 6. The Morgan fingerprint density at radius 2 is 1.64 bits per heavy atom. The molecule has 3 aromatic rings. The van der Waals surface area contributed by atoms with Gasteiger partial charge in [-0.15, -0.1) is 0 Å². The third-order valence-electron chi connectivity index (χ3n) is 4.50. The smallest absolute Gasteiger partial charge is 0.227 e. The number of anilines is 3. The first-order chi connectivity index (χ1) is 13.7. The Morgan fingerprint density at radius 3 is 2.29 bits per heavy atom. The van der Waals surface area contributed by atoms with Crippen LogP contribution in [0.15, 0.2) is 54.6 Å². The van der Waals surface area contributed by atoms with Crippen molar-refractivity contribution in [1.82, 2.24) is 9.97 Å². The van der Waals surface area contributed by atoms with E-state index in [1.54, 1.807) is 14.2 Å². The Hall–Kier alpha value is -3.28. The van der Waals surface area contributed by atoms with Gasteiger partial charge in [-0.1, -0.05) is 30.3 Å². The monoisotopic (exact) mass is 378 g/mol. The predicted octanol–water partition coefficient (Wildman–Crippen LogP) is 4.75. The second-order valence-electron chi connectivity index (χ2n) is 6.17. The minimum absolute atomic E-state index is 0.684. The Morgan fingerprint density at radius 1 is 0.893 bits per heavy atom. The van der Waals surface area contributed by atoms with Crippen molar-refractivity contribution in [2.24, 2.45) is 0 Å². The number of ether oxygens (including phenoxy) is 2. The van der Waals surface area contributed by atoms with Gasteiger partial charge in [-0.2, -0.15) is 4.98 Å². The Balaban J connectivity index is 2.04. The lowest BCUT2D eigenvalue weighted by atomic mass is 10.1. The van der Waals surface area contributed by atoms with Gasteiger partial charge in [0.2, 0.25) is 5.95 Å². The number of rotatable bonds is 8. The van der Waals surface area contributed by atoms with E-state index in [1.165, 1.54) is 0 Å². The summed E-state index contributed by atoms with van der Waals surface area (Å²) >= 11 is 0. The van der Waals surface area contributed by atoms with Crippen molar-refractivity contribution >= 4 is 17.5 Å². The highest BCUT2D eigenvalue weighted by Gasteiger charge is 2.13. The molecule has 0 spiro atoms. The highest BCUT2D eigenvalue weighted by Crippen LogP contribution is 2.32. The van der Waals surface area contributed by atoms with Crippen molar-refractivity contribution in [3.8, 4) is 22.8 Å². The number of methoxy groups -OCH3 is 2. The van der Waals surface area contributed by atoms with Crippen LogP contribution in [0.4, 0.5) is 17.5 Å². The molecule has 0 saturated heterocycles. The van der Waals surface area contributed by atoms with Gasteiger partial charge >= 0.3 is 0 Å². The maximum absolute atomic E-state index is 5.50. The summed E-state index contributed by atoms with van der Waals surface area (Å²) in [5, 5.41) is 3.37. The molecule has 0 radical (unpaired) electrons. The van der Waals surface area contributed by atoms with E-state index in [2.05, 4.69) is 24.1 Å². The van der Waals surface area contributed by atoms with Crippen molar-refractivity contribution < 1.29 is 9.47 Å². The molecule has 1 heterocycles. The number of benzene rings is 2. The molecular formula is C22H26N4O2. The van der Waals surface area contributed by atoms with E-state index in [9.17, 15) is 0 Å². The molecule has 0 bridgehead atoms. The fourth-order valence-corrected chi connectivity index (χ4v) is 2.94. The quantitative estimate of drug-likeness (QED) is 0.610. The second-order valence-corrected chi connectivity index (χ2v) is 6.17. The molecular weight excluding hydrogens is 352 g/mol. The summed E-state index contributed by atoms with van der Waals surface area (Å²) in [6.45, 7) is 5.86. The first-order valence-corrected chi connectivity index (χ1v) is 9.37. The largest absolute Gasteiger partial charge is 0.497 e. The standard InChI is InChI=1S/C22H26N4O2/c1-5-26(6-2)22-24-19(16-10-8-7-9-11-16)15-21(25-22)23-18-13-12-17(27-3)14-20(18)28-4/h7-15H,5-6H2,1-4H3,(H,23,24,25). The van der Waals surface area contributed by atoms with Gasteiger partial charge in [-0.05, 0) is 26.0 Å². The summed E-state index contributed by atoms with van der Waals surface area (Å²) in [5.74, 6) is 2.82. The second kappa shape index (κ2) is 9.08. The molecule has 1 aromatic heterocycles. The van der Waals surface area contributed by atoms with Crippen LogP contribution in [0.2, 0.25) is 0 Å². The molecule has 0 aliphatic heterocycles. The van der Waals surface area contributed by atoms with Gasteiger partial charge in [-0.3, -0.25) is 0 Å². The topological polar surface area (TPSA) is 59.5 Å². The lowest BCUT2D eigenvalue weighted by molar-refractivity contribution is 0.395. The molecule has 0 aliphatic carbocycles. The van der Waals surface area contributed by atoms with Gasteiger partial charge in [0.15, 0.2) is 0 Å². The average Bonchev–Trinajstić information content (AvgIpc) is 2.75. The van der Waals surface area contributed by atoms with Crippen LogP contribution < -0.4 is 19.7 Å². The molecule has 0 amide bonds. The van der Waals surface area contributed by atoms with Gasteiger partial charge in [0.05, 0.1) is 25.6 Å². The summed E-state index contributed by atoms with van der Waals surface area (Å²) < 4.78 is 10.8. The highest BCUT2D eigenvalue weighted by atomic mass is 16.5. The SMILES string of the molecule is CCN(CC)c1nc(Nc2ccc(OC)cc2OC)cc(-c2ccccc2)n1. The maximum Gasteiger partial charge on any atom is 0.227 e. The van der Waals surface area contributed by atoms with Crippen molar-refractivity contribution in [3.05, 3.63) is 54.6 Å². The fraction of sp³-hybridized carbons (Fsp3) is 0.273. The van der Waals surface area contributed by atoms with Crippen LogP contribution >= 0.6 is 0 Å². The Bertz CT molecular complexity index is 912. The lowest BCUT2D eigenvalue weighted by Crippen LogP contribution is -2.24. The first kappa shape index (κ1) is 19.5. The molecule has 1 N–H and O–H groups in total. The average molecular weight is 378 g/mol. The van der Waals surface area contributed by atoms with E-state index >= 15 is 0 Å². The first-order valence-electron chi connectivity index (χ1n) is 9.37. The van der Waals surface area contributed by atoms with Crippen LogP contribution in [0.1, 0.15) is 13.8 Å². The van der Waals surface area contributed by atoms with E-state index in [0.717, 1.165) is 35.8 Å². The molecule has 6 heteroatoms. The molecule has 6 nitrogen and oxygen atoms in total. The third kappa shape index (κ3) is 4.34. The van der Waals surface area contributed by atoms with Crippen LogP contribution in [-0.2, 0) is 0 Å². The summed E-state index contributed by atoms with van der Waals surface area (Å²) in [7, 11) is 3.27. The van der Waals surface area contributed by atoms with Gasteiger partial charge in [-0.25, -0.2) is 4.98 Å². The zero-order chi connectivity index (χ0) is 19.9. The number of hydrogen-bond donors (Lipinski definition) is 1. The zero-order valence-corrected chi connectivity index (χ0v) is 16.8. The van der Waals surface area contributed by atoms with Crippen LogP contribution in [0.5, 0.6) is 11.5 Å². The van der Waals surface area contributed by atoms with Crippen molar-refractivity contribution in [1.29, 1.82) is 0 Å². The van der Waals surface area contributed by atoms with E-state index in [4.69, 9.17) is 19.4 Å². The van der Waals surface area contributed by atoms with Gasteiger partial charge in [0, 0.05) is 30.8 Å². The molecule has 28 heavy (non-hydrogen) atoms. The number of aromatic nitrogens is 2. The fourth-order valence-electron chi connectivity index (χ4n) is 2.94. The molecule has 0 saturated carbocycles. The van der Waals surface area contributed by atoms with Crippen molar-refractivity contribution in [3.63, 3.8) is 0 Å². The van der Waals surface area contributed by atoms with Gasteiger partial charge in [0.25, 0.3) is 0 Å². The highest BCUT2D eigenvalue weighted by molar-refractivity contribution is 5.70. The summed E-state index contributed by atoms with van der Waals surface area (Å²) in [4.78, 5) is 11.6. The van der Waals surface area contributed by atoms with Crippen LogP contribution in [0, 0.1) is 0 Å². The van der Waals surface area contributed by atoms with E-state index in [0.29, 0.717) is 17.5 Å². The third-order valence-corrected chi connectivity index (χ3v) is 4.50. The predicted molar refractivity (Wildman–Crippen MR) is 114 cm³/mol. The number of nitrogens with one attached hydrogen (secondary N) is 1. The van der Waals surface area contributed by atoms with Crippen LogP contribution in [0.25, 0.3) is 11.3 Å². The van der Waals surface area contributed by atoms with E-state index in [-0.39, 0.29) is 0 Å². The Kier molecular flexibility index (Phi) is 6.32. The molecule has 0 aliphatic rings. The van der Waals surface area contributed by atoms with Crippen molar-refractivity contribution in [2.75, 3.05) is 37.5 Å². The zero-order valence-electron chi connectivity index (χ0n) is 16.8. The number of nitrogens with zero attached hydrogens (tertiary/aromatic N) is 3. The van der Waals surface area contributed by atoms with Crippen LogP contribution in [-0.4, -0.2) is 37.3 Å². The molecule has 3 rings (SSSR count). The van der Waals surface area contributed by atoms with Gasteiger partial charge in [0.1, 0.15) is 17.3 Å². The normalized spacial score (nSPS) is 10.4. The van der Waals surface area contributed by atoms with E-state index in [1.807, 2.05) is 54.6 Å². The molecule has 0 unspecified atom stereocenters.